The Kier molecular flexibility index (Phi) is 4.19. The van der Waals surface area contributed by atoms with Crippen molar-refractivity contribution in [3.63, 3.8) is 0 Å². The third kappa shape index (κ3) is 2.49. The average Bonchev–Trinajstić information content (AvgIpc) is 3.21. The van der Waals surface area contributed by atoms with Crippen LogP contribution >= 0.6 is 0 Å². The summed E-state index contributed by atoms with van der Waals surface area (Å²) in [6.07, 6.45) is 2.32. The van der Waals surface area contributed by atoms with Crippen LogP contribution in [0, 0.1) is 17.5 Å². The molecule has 1 aliphatic carbocycles. The van der Waals surface area contributed by atoms with Gasteiger partial charge < -0.3 is 9.67 Å². The number of pyridine rings is 1. The molecule has 1 N–H and O–H groups in total. The van der Waals surface area contributed by atoms with Crippen molar-refractivity contribution >= 4 is 46.4 Å². The van der Waals surface area contributed by atoms with Gasteiger partial charge in [0.2, 0.25) is 5.43 Å². The number of halogens is 3. The zero-order valence-corrected chi connectivity index (χ0v) is 9.99. The van der Waals surface area contributed by atoms with Crippen LogP contribution in [0.4, 0.5) is 13.2 Å². The number of hydrogen-bond acceptors (Lipinski definition) is 2. The molecule has 1 aromatic heterocycles. The van der Waals surface area contributed by atoms with Crippen LogP contribution in [-0.2, 0) is 0 Å². The molecule has 1 aliphatic rings. The number of carboxylic acid groups (broad SMARTS) is 1. The molecule has 4 nitrogen and oxygen atoms in total. The van der Waals surface area contributed by atoms with E-state index >= 15 is 0 Å². The van der Waals surface area contributed by atoms with Crippen molar-refractivity contribution in [2.24, 2.45) is 0 Å². The van der Waals surface area contributed by atoms with Gasteiger partial charge in [-0.15, -0.1) is 0 Å². The molecule has 0 radical (unpaired) electrons. The summed E-state index contributed by atoms with van der Waals surface area (Å²) in [5.74, 6) is -6.15. The molecule has 0 saturated heterocycles. The third-order valence-electron chi connectivity index (χ3n) is 3.32. The van der Waals surface area contributed by atoms with Gasteiger partial charge in [0.25, 0.3) is 0 Å². The Balaban J connectivity index is 0.00000161. The Bertz CT molecular complexity index is 815. The number of hydrogen-bond donors (Lipinski definition) is 1. The molecular formula is C13H9F3NNaO3. The molecule has 2 aromatic rings. The van der Waals surface area contributed by atoms with Crippen LogP contribution in [0.5, 0.6) is 0 Å². The van der Waals surface area contributed by atoms with Gasteiger partial charge in [0.05, 0.1) is 10.9 Å². The molecule has 0 bridgehead atoms. The monoisotopic (exact) mass is 307 g/mol. The fraction of sp³-hybridized carbons (Fsp3) is 0.231. The number of nitrogens with zero attached hydrogens (tertiary/aromatic N) is 1. The molecule has 0 atom stereocenters. The van der Waals surface area contributed by atoms with Gasteiger partial charge in [0, 0.05) is 12.2 Å². The quantitative estimate of drug-likeness (QED) is 0.680. The average molecular weight is 307 g/mol. The predicted octanol–water partition coefficient (Wildman–Crippen LogP) is 1.80. The van der Waals surface area contributed by atoms with Crippen LogP contribution in [0.3, 0.4) is 0 Å². The van der Waals surface area contributed by atoms with Crippen molar-refractivity contribution in [3.8, 4) is 0 Å². The Hall–Kier alpha value is -1.31. The molecule has 1 saturated carbocycles. The first-order valence-electron chi connectivity index (χ1n) is 5.87. The van der Waals surface area contributed by atoms with Crippen LogP contribution < -0.4 is 5.43 Å². The molecule has 0 amide bonds. The number of aromatic nitrogens is 1. The van der Waals surface area contributed by atoms with Gasteiger partial charge in [-0.3, -0.25) is 4.79 Å². The first-order valence-corrected chi connectivity index (χ1v) is 5.87. The van der Waals surface area contributed by atoms with Crippen LogP contribution in [-0.4, -0.2) is 45.2 Å². The molecular weight excluding hydrogens is 298 g/mol. The maximum atomic E-state index is 13.9. The van der Waals surface area contributed by atoms with Crippen LogP contribution in [0.15, 0.2) is 17.1 Å². The van der Waals surface area contributed by atoms with E-state index in [2.05, 4.69) is 0 Å². The van der Waals surface area contributed by atoms with Crippen molar-refractivity contribution < 1.29 is 23.1 Å². The molecule has 3 rings (SSSR count). The first kappa shape index (κ1) is 16.1. The SMILES string of the molecule is O=C(O)c1cn(C2CC2)c2c(F)c(F)c(F)cc2c1=O.[NaH]. The summed E-state index contributed by atoms with van der Waals surface area (Å²) in [4.78, 5) is 23.0. The molecule has 8 heteroatoms. The van der Waals surface area contributed by atoms with E-state index in [-0.39, 0.29) is 41.1 Å². The summed E-state index contributed by atoms with van der Waals surface area (Å²) in [7, 11) is 0. The summed E-state index contributed by atoms with van der Waals surface area (Å²) in [5.41, 5.74) is -2.00. The Morgan fingerprint density at radius 3 is 2.38 bits per heavy atom. The molecule has 0 spiro atoms. The normalized spacial score (nSPS) is 14.0. The fourth-order valence-electron chi connectivity index (χ4n) is 2.21. The summed E-state index contributed by atoms with van der Waals surface area (Å²) < 4.78 is 41.7. The number of carboxylic acids is 1. The van der Waals surface area contributed by atoms with Gasteiger partial charge in [-0.05, 0) is 18.9 Å². The molecule has 1 fully saturated rings. The Morgan fingerprint density at radius 1 is 1.24 bits per heavy atom. The van der Waals surface area contributed by atoms with Crippen LogP contribution in [0.2, 0.25) is 0 Å². The zero-order valence-electron chi connectivity index (χ0n) is 9.99. The van der Waals surface area contributed by atoms with Crippen molar-refractivity contribution in [2.75, 3.05) is 0 Å². The Morgan fingerprint density at radius 2 is 1.86 bits per heavy atom. The maximum absolute atomic E-state index is 13.9. The number of carbonyl (C=O) groups is 1. The molecule has 21 heavy (non-hydrogen) atoms. The van der Waals surface area contributed by atoms with Gasteiger partial charge >= 0.3 is 35.5 Å². The number of aromatic carboxylic acids is 1. The summed E-state index contributed by atoms with van der Waals surface area (Å²) in [6, 6.07) is 0.345. The molecule has 106 valence electrons. The standard InChI is InChI=1S/C13H8F3NO3.Na.H/c14-8-3-6-11(10(16)9(8)15)17(5-1-2-5)4-7(12(6)18)13(19)20;;/h3-5H,1-2H2,(H,19,20);;. The van der Waals surface area contributed by atoms with E-state index in [1.54, 1.807) is 0 Å². The van der Waals surface area contributed by atoms with Crippen LogP contribution in [0.25, 0.3) is 10.9 Å². The second-order valence-electron chi connectivity index (χ2n) is 4.70. The van der Waals surface area contributed by atoms with Gasteiger partial charge in [-0.25, -0.2) is 18.0 Å². The van der Waals surface area contributed by atoms with E-state index in [1.165, 1.54) is 4.57 Å². The topological polar surface area (TPSA) is 59.3 Å². The molecule has 1 aromatic carbocycles. The summed E-state index contributed by atoms with van der Waals surface area (Å²) in [5, 5.41) is 8.51. The first-order chi connectivity index (χ1) is 9.41. The molecule has 0 unspecified atom stereocenters. The molecule has 0 aliphatic heterocycles. The molecule has 1 heterocycles. The van der Waals surface area contributed by atoms with Crippen molar-refractivity contribution in [3.05, 3.63) is 45.5 Å². The number of rotatable bonds is 2. The number of benzene rings is 1. The van der Waals surface area contributed by atoms with Crippen molar-refractivity contribution in [2.45, 2.75) is 18.9 Å². The Labute approximate surface area is 138 Å². The van der Waals surface area contributed by atoms with Gasteiger partial charge in [0.1, 0.15) is 5.56 Å². The summed E-state index contributed by atoms with van der Waals surface area (Å²) in [6.45, 7) is 0. The van der Waals surface area contributed by atoms with Crippen molar-refractivity contribution in [1.29, 1.82) is 0 Å². The predicted molar refractivity (Wildman–Crippen MR) is 70.5 cm³/mol. The van der Waals surface area contributed by atoms with Gasteiger partial charge in [-0.2, -0.15) is 0 Å². The van der Waals surface area contributed by atoms with E-state index in [0.29, 0.717) is 18.9 Å². The van der Waals surface area contributed by atoms with E-state index in [0.717, 1.165) is 6.20 Å². The van der Waals surface area contributed by atoms with E-state index in [9.17, 15) is 22.8 Å². The van der Waals surface area contributed by atoms with Crippen LogP contribution in [0.1, 0.15) is 29.2 Å². The third-order valence-corrected chi connectivity index (χ3v) is 3.32. The second kappa shape index (κ2) is 5.47. The van der Waals surface area contributed by atoms with E-state index in [1.807, 2.05) is 0 Å². The van der Waals surface area contributed by atoms with Gasteiger partial charge in [-0.1, -0.05) is 0 Å². The number of fused-ring (bicyclic) bond motifs is 1. The van der Waals surface area contributed by atoms with Gasteiger partial charge in [0.15, 0.2) is 17.5 Å². The van der Waals surface area contributed by atoms with Crippen molar-refractivity contribution in [1.82, 2.24) is 4.57 Å². The minimum absolute atomic E-state index is 0. The fourth-order valence-corrected chi connectivity index (χ4v) is 2.21. The second-order valence-corrected chi connectivity index (χ2v) is 4.70. The van der Waals surface area contributed by atoms with E-state index in [4.69, 9.17) is 5.11 Å². The minimum atomic E-state index is -1.67. The zero-order chi connectivity index (χ0) is 14.6. The van der Waals surface area contributed by atoms with E-state index < -0.39 is 39.8 Å². The summed E-state index contributed by atoms with van der Waals surface area (Å²) >= 11 is 0.